The van der Waals surface area contributed by atoms with Gasteiger partial charge in [-0.1, -0.05) is 97.6 Å². The second-order valence-corrected chi connectivity index (χ2v) is 11.7. The number of hydrogen-bond acceptors (Lipinski definition) is 2. The zero-order chi connectivity index (χ0) is 24.7. The molecule has 0 saturated heterocycles. The van der Waals surface area contributed by atoms with E-state index < -0.39 is 0 Å². The van der Waals surface area contributed by atoms with Crippen molar-refractivity contribution in [3.05, 3.63) is 29.8 Å². The molecule has 0 bridgehead atoms. The molecule has 0 amide bonds. The molecule has 1 aromatic rings. The van der Waals surface area contributed by atoms with Gasteiger partial charge >= 0.3 is 0 Å². The summed E-state index contributed by atoms with van der Waals surface area (Å²) in [5.41, 5.74) is 1.35. The average Bonchev–Trinajstić information content (AvgIpc) is 2.85. The second kappa shape index (κ2) is 16.2. The Bertz CT molecular complexity index is 678. The number of hydrogen-bond donors (Lipinski definition) is 0. The van der Waals surface area contributed by atoms with Gasteiger partial charge in [-0.25, -0.2) is 0 Å². The lowest BCUT2D eigenvalue weighted by Crippen LogP contribution is -2.26. The zero-order valence-corrected chi connectivity index (χ0v) is 22.9. The molecule has 0 spiro atoms. The largest absolute Gasteiger partial charge is 0.494 e. The smallest absolute Gasteiger partial charge is 0.119 e. The molecule has 192 valence electrons. The molecule has 2 nitrogen and oxygen atoms in total. The standard InChI is InChI=1S/C32H53NO/c1-5-6-7-8-9-10-11-25-34-31-17-15-29(16-18-31)30-20-23-32(26-33,24-21-30)22-19-28(4)14-12-13-27(2)3/h15-18,27-28,30H,5-14,19-25H2,1-4H3. The summed E-state index contributed by atoms with van der Waals surface area (Å²) in [6, 6.07) is 11.6. The first kappa shape index (κ1) is 28.7. The molecule has 1 aliphatic rings. The van der Waals surface area contributed by atoms with Crippen molar-refractivity contribution in [1.82, 2.24) is 0 Å². The van der Waals surface area contributed by atoms with E-state index in [2.05, 4.69) is 58.0 Å². The summed E-state index contributed by atoms with van der Waals surface area (Å²) < 4.78 is 5.98. The Labute approximate surface area is 211 Å². The van der Waals surface area contributed by atoms with Crippen molar-refractivity contribution in [2.75, 3.05) is 6.61 Å². The van der Waals surface area contributed by atoms with Crippen molar-refractivity contribution in [1.29, 1.82) is 5.26 Å². The van der Waals surface area contributed by atoms with Gasteiger partial charge in [0.2, 0.25) is 0 Å². The van der Waals surface area contributed by atoms with Gasteiger partial charge in [0.05, 0.1) is 18.1 Å². The van der Waals surface area contributed by atoms with Crippen LogP contribution in [0.4, 0.5) is 0 Å². The highest BCUT2D eigenvalue weighted by Crippen LogP contribution is 2.46. The van der Waals surface area contributed by atoms with E-state index >= 15 is 0 Å². The SMILES string of the molecule is CCCCCCCCCOc1ccc(C2CCC(C#N)(CCC(C)CCCC(C)C)CC2)cc1. The predicted octanol–water partition coefficient (Wildman–Crippen LogP) is 10.2. The van der Waals surface area contributed by atoms with Crippen LogP contribution in [0.15, 0.2) is 24.3 Å². The van der Waals surface area contributed by atoms with Crippen molar-refractivity contribution in [3.63, 3.8) is 0 Å². The molecule has 0 heterocycles. The summed E-state index contributed by atoms with van der Waals surface area (Å²) >= 11 is 0. The van der Waals surface area contributed by atoms with Crippen LogP contribution in [-0.2, 0) is 0 Å². The van der Waals surface area contributed by atoms with Crippen LogP contribution in [0, 0.1) is 28.6 Å². The van der Waals surface area contributed by atoms with Crippen molar-refractivity contribution in [2.24, 2.45) is 17.3 Å². The molecule has 2 rings (SSSR count). The summed E-state index contributed by atoms with van der Waals surface area (Å²) in [6.07, 6.45) is 19.9. The average molecular weight is 468 g/mol. The molecule has 0 aliphatic heterocycles. The first-order valence-corrected chi connectivity index (χ1v) is 14.6. The lowest BCUT2D eigenvalue weighted by atomic mass is 9.67. The van der Waals surface area contributed by atoms with Gasteiger partial charge in [0.15, 0.2) is 0 Å². The van der Waals surface area contributed by atoms with Gasteiger partial charge in [-0.2, -0.15) is 5.26 Å². The van der Waals surface area contributed by atoms with E-state index in [-0.39, 0.29) is 5.41 Å². The van der Waals surface area contributed by atoms with Gasteiger partial charge in [-0.05, 0) is 80.4 Å². The molecule has 0 radical (unpaired) electrons. The van der Waals surface area contributed by atoms with Crippen molar-refractivity contribution < 1.29 is 4.74 Å². The Morgan fingerprint density at radius 2 is 1.53 bits per heavy atom. The topological polar surface area (TPSA) is 33.0 Å². The number of benzene rings is 1. The maximum atomic E-state index is 10.0. The summed E-state index contributed by atoms with van der Waals surface area (Å²) in [6.45, 7) is 10.1. The number of nitriles is 1. The lowest BCUT2D eigenvalue weighted by molar-refractivity contribution is 0.211. The molecule has 1 fully saturated rings. The summed E-state index contributed by atoms with van der Waals surface area (Å²) in [4.78, 5) is 0. The Hall–Kier alpha value is -1.49. The molecule has 0 N–H and O–H groups in total. The number of nitrogens with zero attached hydrogens (tertiary/aromatic N) is 1. The van der Waals surface area contributed by atoms with E-state index in [1.165, 1.54) is 69.8 Å². The molecule has 0 aromatic heterocycles. The van der Waals surface area contributed by atoms with Crippen LogP contribution in [0.5, 0.6) is 5.75 Å². The third-order valence-corrected chi connectivity index (χ3v) is 8.14. The molecule has 34 heavy (non-hydrogen) atoms. The maximum absolute atomic E-state index is 10.0. The summed E-state index contributed by atoms with van der Waals surface area (Å²) in [5, 5.41) is 10.0. The van der Waals surface area contributed by atoms with Crippen molar-refractivity contribution in [3.8, 4) is 11.8 Å². The first-order valence-electron chi connectivity index (χ1n) is 14.6. The third kappa shape index (κ3) is 10.8. The maximum Gasteiger partial charge on any atom is 0.119 e. The Balaban J connectivity index is 1.68. The Kier molecular flexibility index (Phi) is 13.7. The van der Waals surface area contributed by atoms with Crippen LogP contribution >= 0.6 is 0 Å². The number of rotatable bonds is 17. The highest BCUT2D eigenvalue weighted by molar-refractivity contribution is 5.30. The van der Waals surface area contributed by atoms with Crippen LogP contribution < -0.4 is 4.74 Å². The molecular formula is C32H53NO. The molecular weight excluding hydrogens is 414 g/mol. The van der Waals surface area contributed by atoms with Crippen LogP contribution in [0.2, 0.25) is 0 Å². The minimum Gasteiger partial charge on any atom is -0.494 e. The molecule has 1 unspecified atom stereocenters. The third-order valence-electron chi connectivity index (χ3n) is 8.14. The second-order valence-electron chi connectivity index (χ2n) is 11.7. The van der Waals surface area contributed by atoms with E-state index in [4.69, 9.17) is 4.74 Å². The minimum absolute atomic E-state index is 0.0810. The first-order chi connectivity index (χ1) is 16.5. The van der Waals surface area contributed by atoms with Crippen molar-refractivity contribution in [2.45, 2.75) is 136 Å². The van der Waals surface area contributed by atoms with Gasteiger partial charge in [0.1, 0.15) is 5.75 Å². The Morgan fingerprint density at radius 3 is 2.15 bits per heavy atom. The molecule has 1 aliphatic carbocycles. The van der Waals surface area contributed by atoms with Gasteiger partial charge in [-0.3, -0.25) is 0 Å². The fourth-order valence-corrected chi connectivity index (χ4v) is 5.55. The Morgan fingerprint density at radius 1 is 0.882 bits per heavy atom. The zero-order valence-electron chi connectivity index (χ0n) is 22.9. The highest BCUT2D eigenvalue weighted by Gasteiger charge is 2.35. The van der Waals surface area contributed by atoms with Gasteiger partial charge in [0.25, 0.3) is 0 Å². The summed E-state index contributed by atoms with van der Waals surface area (Å²) in [5.74, 6) is 3.15. The number of ether oxygens (including phenoxy) is 1. The molecule has 2 heteroatoms. The van der Waals surface area contributed by atoms with Crippen LogP contribution in [0.25, 0.3) is 0 Å². The van der Waals surface area contributed by atoms with E-state index in [0.717, 1.165) is 62.7 Å². The van der Waals surface area contributed by atoms with Crippen LogP contribution in [-0.4, -0.2) is 6.61 Å². The highest BCUT2D eigenvalue weighted by atomic mass is 16.5. The molecule has 1 atom stereocenters. The van der Waals surface area contributed by atoms with Crippen LogP contribution in [0.3, 0.4) is 0 Å². The van der Waals surface area contributed by atoms with Gasteiger partial charge in [-0.15, -0.1) is 0 Å². The van der Waals surface area contributed by atoms with Crippen molar-refractivity contribution >= 4 is 0 Å². The van der Waals surface area contributed by atoms with Gasteiger partial charge < -0.3 is 4.74 Å². The normalized spacial score (nSPS) is 21.4. The quantitative estimate of drug-likeness (QED) is 0.213. The predicted molar refractivity (Wildman–Crippen MR) is 146 cm³/mol. The fraction of sp³-hybridized carbons (Fsp3) is 0.781. The van der Waals surface area contributed by atoms with E-state index in [0.29, 0.717) is 5.92 Å². The van der Waals surface area contributed by atoms with E-state index in [9.17, 15) is 5.26 Å². The minimum atomic E-state index is -0.0810. The van der Waals surface area contributed by atoms with E-state index in [1.54, 1.807) is 0 Å². The lowest BCUT2D eigenvalue weighted by Gasteiger charge is -2.36. The monoisotopic (exact) mass is 467 g/mol. The fourth-order valence-electron chi connectivity index (χ4n) is 5.55. The van der Waals surface area contributed by atoms with E-state index in [1.807, 2.05) is 0 Å². The molecule has 1 saturated carbocycles. The summed E-state index contributed by atoms with van der Waals surface area (Å²) in [7, 11) is 0. The van der Waals surface area contributed by atoms with Crippen LogP contribution in [0.1, 0.15) is 142 Å². The van der Waals surface area contributed by atoms with Gasteiger partial charge in [0, 0.05) is 0 Å². The number of unbranched alkanes of at least 4 members (excludes halogenated alkanes) is 6. The molecule has 1 aromatic carbocycles.